The maximum atomic E-state index is 11.7. The van der Waals surface area contributed by atoms with E-state index >= 15 is 0 Å². The molecule has 0 bridgehead atoms. The Morgan fingerprint density at radius 1 is 0.833 bits per heavy atom. The number of carbonyl (C=O) groups excluding carboxylic acids is 1. The summed E-state index contributed by atoms with van der Waals surface area (Å²) in [6.07, 6.45) is 13.6. The fourth-order valence-corrected chi connectivity index (χ4v) is 4.07. The van der Waals surface area contributed by atoms with E-state index in [1.165, 1.54) is 62.1 Å². The van der Waals surface area contributed by atoms with Gasteiger partial charge in [-0.2, -0.15) is 0 Å². The second kappa shape index (κ2) is 18.6. The predicted octanol–water partition coefficient (Wildman–Crippen LogP) is 8.75. The van der Waals surface area contributed by atoms with Crippen molar-refractivity contribution in [3.05, 3.63) is 67.3 Å². The first-order chi connectivity index (χ1) is 17.6. The van der Waals surface area contributed by atoms with E-state index in [2.05, 4.69) is 44.7 Å². The number of unbranched alkanes of at least 4 members (excludes halogenated alkanes) is 8. The van der Waals surface area contributed by atoms with E-state index < -0.39 is 12.3 Å². The van der Waals surface area contributed by atoms with E-state index in [4.69, 9.17) is 14.2 Å². The highest BCUT2D eigenvalue weighted by Gasteiger charge is 2.14. The third-order valence-corrected chi connectivity index (χ3v) is 6.37. The number of rotatable bonds is 20. The lowest BCUT2D eigenvalue weighted by atomic mass is 10.1. The standard InChI is InChI=1S/C32H46O4/c1-4-6-7-8-9-10-11-12-16-19-32(36-31(33)5-2)34-25-24-27(3)26-35-30-22-20-29(21-23-30)28-17-14-13-15-18-28/h5,13-15,17-18,20-23,27,32H,2,4,6-12,16,19,24-26H2,1,3H3. The molecular weight excluding hydrogens is 448 g/mol. The molecule has 36 heavy (non-hydrogen) atoms. The van der Waals surface area contributed by atoms with Crippen LogP contribution in [0.2, 0.25) is 0 Å². The van der Waals surface area contributed by atoms with Crippen molar-refractivity contribution in [2.75, 3.05) is 13.2 Å². The molecule has 0 amide bonds. The van der Waals surface area contributed by atoms with E-state index in [1.54, 1.807) is 0 Å². The van der Waals surface area contributed by atoms with Gasteiger partial charge in [-0.1, -0.05) is 114 Å². The number of ether oxygens (including phenoxy) is 3. The van der Waals surface area contributed by atoms with Gasteiger partial charge in [0.25, 0.3) is 0 Å². The van der Waals surface area contributed by atoms with Gasteiger partial charge in [0.2, 0.25) is 6.29 Å². The number of benzene rings is 2. The minimum Gasteiger partial charge on any atom is -0.493 e. The Hall–Kier alpha value is -2.59. The van der Waals surface area contributed by atoms with Gasteiger partial charge in [-0.3, -0.25) is 0 Å². The summed E-state index contributed by atoms with van der Waals surface area (Å²) in [5.74, 6) is 0.763. The first kappa shape index (κ1) is 29.6. The van der Waals surface area contributed by atoms with Gasteiger partial charge < -0.3 is 14.2 Å². The average molecular weight is 495 g/mol. The Morgan fingerprint density at radius 2 is 1.44 bits per heavy atom. The summed E-state index contributed by atoms with van der Waals surface area (Å²) < 4.78 is 17.3. The molecule has 0 aliphatic rings. The van der Waals surface area contributed by atoms with Crippen LogP contribution in [0.15, 0.2) is 67.3 Å². The Balaban J connectivity index is 1.63. The zero-order valence-corrected chi connectivity index (χ0v) is 22.5. The molecule has 2 unspecified atom stereocenters. The van der Waals surface area contributed by atoms with Crippen LogP contribution in [0.5, 0.6) is 5.75 Å². The van der Waals surface area contributed by atoms with Crippen LogP contribution in [0.1, 0.15) is 84.5 Å². The Labute approximate surface area is 219 Å². The molecule has 0 saturated heterocycles. The van der Waals surface area contributed by atoms with Gasteiger partial charge in [-0.25, -0.2) is 4.79 Å². The molecule has 0 fully saturated rings. The van der Waals surface area contributed by atoms with Crippen molar-refractivity contribution < 1.29 is 19.0 Å². The van der Waals surface area contributed by atoms with Gasteiger partial charge in [0.05, 0.1) is 13.2 Å². The molecule has 2 aromatic rings. The van der Waals surface area contributed by atoms with E-state index in [1.807, 2.05) is 30.3 Å². The highest BCUT2D eigenvalue weighted by atomic mass is 16.7. The molecule has 0 aliphatic carbocycles. The largest absolute Gasteiger partial charge is 0.493 e. The topological polar surface area (TPSA) is 44.8 Å². The average Bonchev–Trinajstić information content (AvgIpc) is 2.91. The first-order valence-electron chi connectivity index (χ1n) is 13.8. The molecule has 2 atom stereocenters. The lowest BCUT2D eigenvalue weighted by molar-refractivity contribution is -0.175. The summed E-state index contributed by atoms with van der Waals surface area (Å²) >= 11 is 0. The van der Waals surface area contributed by atoms with Crippen molar-refractivity contribution in [2.24, 2.45) is 5.92 Å². The molecule has 4 nitrogen and oxygen atoms in total. The quantitative estimate of drug-likeness (QED) is 0.0798. The second-order valence-electron chi connectivity index (χ2n) is 9.65. The fraction of sp³-hybridized carbons (Fsp3) is 0.531. The minimum absolute atomic E-state index is 0.322. The normalized spacial score (nSPS) is 12.6. The van der Waals surface area contributed by atoms with Gasteiger partial charge in [-0.05, 0) is 42.0 Å². The van der Waals surface area contributed by atoms with Crippen molar-refractivity contribution in [1.29, 1.82) is 0 Å². The molecule has 0 aromatic heterocycles. The smallest absolute Gasteiger partial charge is 0.332 e. The molecule has 0 saturated carbocycles. The van der Waals surface area contributed by atoms with E-state index in [-0.39, 0.29) is 0 Å². The molecule has 0 radical (unpaired) electrons. The summed E-state index contributed by atoms with van der Waals surface area (Å²) in [5.41, 5.74) is 2.38. The monoisotopic (exact) mass is 494 g/mol. The van der Waals surface area contributed by atoms with Crippen LogP contribution in [0, 0.1) is 5.92 Å². The zero-order valence-electron chi connectivity index (χ0n) is 22.5. The Morgan fingerprint density at radius 3 is 2.08 bits per heavy atom. The highest BCUT2D eigenvalue weighted by Crippen LogP contribution is 2.22. The van der Waals surface area contributed by atoms with Crippen LogP contribution < -0.4 is 4.74 Å². The Bertz CT molecular complexity index is 831. The lowest BCUT2D eigenvalue weighted by Crippen LogP contribution is -2.22. The van der Waals surface area contributed by atoms with Crippen LogP contribution in [0.25, 0.3) is 11.1 Å². The summed E-state index contributed by atoms with van der Waals surface area (Å²) in [4.78, 5) is 11.7. The van der Waals surface area contributed by atoms with Crippen molar-refractivity contribution in [1.82, 2.24) is 0 Å². The van der Waals surface area contributed by atoms with Crippen molar-refractivity contribution >= 4 is 5.97 Å². The number of hydrogen-bond acceptors (Lipinski definition) is 4. The molecule has 2 aromatic carbocycles. The molecule has 0 N–H and O–H groups in total. The fourth-order valence-electron chi connectivity index (χ4n) is 4.07. The molecular formula is C32H46O4. The molecule has 0 spiro atoms. The van der Waals surface area contributed by atoms with Crippen LogP contribution in [-0.4, -0.2) is 25.5 Å². The highest BCUT2D eigenvalue weighted by molar-refractivity contribution is 5.81. The van der Waals surface area contributed by atoms with E-state index in [0.717, 1.165) is 31.4 Å². The second-order valence-corrected chi connectivity index (χ2v) is 9.65. The Kier molecular flexibility index (Phi) is 15.4. The van der Waals surface area contributed by atoms with Crippen LogP contribution in [-0.2, 0) is 14.3 Å². The van der Waals surface area contributed by atoms with Gasteiger partial charge in [0, 0.05) is 12.5 Å². The maximum Gasteiger partial charge on any atom is 0.332 e. The third-order valence-electron chi connectivity index (χ3n) is 6.37. The van der Waals surface area contributed by atoms with Crippen molar-refractivity contribution in [2.45, 2.75) is 90.8 Å². The van der Waals surface area contributed by atoms with Crippen molar-refractivity contribution in [3.63, 3.8) is 0 Å². The van der Waals surface area contributed by atoms with E-state index in [0.29, 0.717) is 19.1 Å². The number of carbonyl (C=O) groups is 1. The summed E-state index contributed by atoms with van der Waals surface area (Å²) in [7, 11) is 0. The van der Waals surface area contributed by atoms with Gasteiger partial charge in [0.1, 0.15) is 5.75 Å². The SMILES string of the molecule is C=CC(=O)OC(CCCCCCCCCCC)OCCC(C)COc1ccc(-c2ccccc2)cc1. The van der Waals surface area contributed by atoms with Crippen LogP contribution in [0.3, 0.4) is 0 Å². The molecule has 0 aliphatic heterocycles. The number of hydrogen-bond donors (Lipinski definition) is 0. The number of esters is 1. The van der Waals surface area contributed by atoms with Gasteiger partial charge in [0.15, 0.2) is 0 Å². The maximum absolute atomic E-state index is 11.7. The predicted molar refractivity (Wildman–Crippen MR) is 149 cm³/mol. The van der Waals surface area contributed by atoms with Crippen molar-refractivity contribution in [3.8, 4) is 16.9 Å². The minimum atomic E-state index is -0.501. The van der Waals surface area contributed by atoms with E-state index in [9.17, 15) is 4.79 Å². The summed E-state index contributed by atoms with van der Waals surface area (Å²) in [5, 5.41) is 0. The molecule has 4 heteroatoms. The molecule has 198 valence electrons. The first-order valence-corrected chi connectivity index (χ1v) is 13.8. The zero-order chi connectivity index (χ0) is 25.8. The van der Waals surface area contributed by atoms with Crippen LogP contribution in [0.4, 0.5) is 0 Å². The summed E-state index contributed by atoms with van der Waals surface area (Å²) in [6, 6.07) is 18.5. The summed E-state index contributed by atoms with van der Waals surface area (Å²) in [6.45, 7) is 9.04. The van der Waals surface area contributed by atoms with Gasteiger partial charge in [-0.15, -0.1) is 0 Å². The molecule has 0 heterocycles. The lowest BCUT2D eigenvalue weighted by Gasteiger charge is -2.19. The third kappa shape index (κ3) is 12.9. The molecule has 2 rings (SSSR count). The van der Waals surface area contributed by atoms with Gasteiger partial charge >= 0.3 is 5.97 Å². The van der Waals surface area contributed by atoms with Crippen LogP contribution >= 0.6 is 0 Å².